The predicted octanol–water partition coefficient (Wildman–Crippen LogP) is 3.78. The lowest BCUT2D eigenvalue weighted by Gasteiger charge is -2.22. The SMILES string of the molecule is Cc1ccc(SCCC(=O)N[C@H]2C[C@@H]3CC[C@@H]2C3)cc1. The Bertz CT molecular complexity index is 470. The second-order valence-electron chi connectivity index (χ2n) is 6.26. The third kappa shape index (κ3) is 3.38. The van der Waals surface area contributed by atoms with Crippen molar-refractivity contribution in [3.8, 4) is 0 Å². The first-order valence-electron chi connectivity index (χ1n) is 7.69. The standard InChI is InChI=1S/C17H23NOS/c1-12-2-6-15(7-3-12)20-9-8-17(19)18-16-11-13-4-5-14(16)10-13/h2-3,6-7,13-14,16H,4-5,8-11H2,1H3,(H,18,19)/t13-,14-,16+/m1/s1. The Balaban J connectivity index is 1.38. The van der Waals surface area contributed by atoms with Gasteiger partial charge < -0.3 is 5.32 Å². The first-order chi connectivity index (χ1) is 9.70. The van der Waals surface area contributed by atoms with Gasteiger partial charge in [0.05, 0.1) is 0 Å². The second kappa shape index (κ2) is 6.21. The van der Waals surface area contributed by atoms with Crippen LogP contribution in [0.2, 0.25) is 0 Å². The van der Waals surface area contributed by atoms with Crippen molar-refractivity contribution in [3.63, 3.8) is 0 Å². The van der Waals surface area contributed by atoms with Gasteiger partial charge in [-0.2, -0.15) is 0 Å². The molecule has 108 valence electrons. The number of benzene rings is 1. The van der Waals surface area contributed by atoms with Crippen molar-refractivity contribution in [2.75, 3.05) is 5.75 Å². The van der Waals surface area contributed by atoms with Crippen LogP contribution in [-0.2, 0) is 4.79 Å². The molecule has 2 fully saturated rings. The van der Waals surface area contributed by atoms with Crippen LogP contribution in [0.1, 0.15) is 37.7 Å². The molecule has 3 heteroatoms. The third-order valence-corrected chi connectivity index (χ3v) is 5.72. The Morgan fingerprint density at radius 2 is 2.05 bits per heavy atom. The van der Waals surface area contributed by atoms with Crippen molar-refractivity contribution < 1.29 is 4.79 Å². The first-order valence-corrected chi connectivity index (χ1v) is 8.68. The van der Waals surface area contributed by atoms with E-state index in [1.54, 1.807) is 11.8 Å². The van der Waals surface area contributed by atoms with Crippen molar-refractivity contribution in [1.29, 1.82) is 0 Å². The number of carbonyl (C=O) groups excluding carboxylic acids is 1. The zero-order valence-corrected chi connectivity index (χ0v) is 12.9. The van der Waals surface area contributed by atoms with E-state index in [0.717, 1.165) is 17.6 Å². The lowest BCUT2D eigenvalue weighted by atomic mass is 9.95. The van der Waals surface area contributed by atoms with Crippen LogP contribution in [-0.4, -0.2) is 17.7 Å². The average Bonchev–Trinajstić information content (AvgIpc) is 3.03. The fraction of sp³-hybridized carbons (Fsp3) is 0.588. The van der Waals surface area contributed by atoms with Crippen LogP contribution >= 0.6 is 11.8 Å². The summed E-state index contributed by atoms with van der Waals surface area (Å²) < 4.78 is 0. The zero-order valence-electron chi connectivity index (χ0n) is 12.1. The van der Waals surface area contributed by atoms with E-state index in [1.165, 1.54) is 36.1 Å². The molecule has 1 aromatic rings. The van der Waals surface area contributed by atoms with Crippen molar-refractivity contribution in [2.24, 2.45) is 11.8 Å². The summed E-state index contributed by atoms with van der Waals surface area (Å²) in [6.07, 6.45) is 5.92. The molecule has 0 radical (unpaired) electrons. The third-order valence-electron chi connectivity index (χ3n) is 4.70. The maximum absolute atomic E-state index is 12.0. The highest BCUT2D eigenvalue weighted by atomic mass is 32.2. The van der Waals surface area contributed by atoms with Crippen LogP contribution in [0, 0.1) is 18.8 Å². The van der Waals surface area contributed by atoms with Gasteiger partial charge in [-0.15, -0.1) is 11.8 Å². The first kappa shape index (κ1) is 14.0. The Morgan fingerprint density at radius 3 is 2.70 bits per heavy atom. The minimum absolute atomic E-state index is 0.238. The van der Waals surface area contributed by atoms with E-state index in [4.69, 9.17) is 0 Å². The molecule has 2 nitrogen and oxygen atoms in total. The molecule has 1 N–H and O–H groups in total. The number of amides is 1. The van der Waals surface area contributed by atoms with E-state index in [1.807, 2.05) is 0 Å². The largest absolute Gasteiger partial charge is 0.353 e. The smallest absolute Gasteiger partial charge is 0.221 e. The number of carbonyl (C=O) groups is 1. The van der Waals surface area contributed by atoms with Crippen molar-refractivity contribution in [2.45, 2.75) is 50.0 Å². The van der Waals surface area contributed by atoms with E-state index in [-0.39, 0.29) is 5.91 Å². The molecule has 20 heavy (non-hydrogen) atoms. The molecule has 2 bridgehead atoms. The van der Waals surface area contributed by atoms with Crippen molar-refractivity contribution >= 4 is 17.7 Å². The lowest BCUT2D eigenvalue weighted by Crippen LogP contribution is -2.38. The van der Waals surface area contributed by atoms with E-state index >= 15 is 0 Å². The minimum atomic E-state index is 0.238. The number of fused-ring (bicyclic) bond motifs is 2. The molecule has 0 aliphatic heterocycles. The van der Waals surface area contributed by atoms with Gasteiger partial charge in [-0.05, 0) is 50.2 Å². The number of hydrogen-bond acceptors (Lipinski definition) is 2. The molecule has 2 aliphatic rings. The lowest BCUT2D eigenvalue weighted by molar-refractivity contribution is -0.121. The molecule has 2 aliphatic carbocycles. The summed E-state index contributed by atoms with van der Waals surface area (Å²) >= 11 is 1.77. The highest BCUT2D eigenvalue weighted by molar-refractivity contribution is 7.99. The maximum Gasteiger partial charge on any atom is 0.221 e. The number of nitrogens with one attached hydrogen (secondary N) is 1. The van der Waals surface area contributed by atoms with Crippen LogP contribution < -0.4 is 5.32 Å². The molecule has 0 saturated heterocycles. The molecule has 0 unspecified atom stereocenters. The van der Waals surface area contributed by atoms with Crippen molar-refractivity contribution in [3.05, 3.63) is 29.8 Å². The van der Waals surface area contributed by atoms with E-state index in [9.17, 15) is 4.79 Å². The van der Waals surface area contributed by atoms with Gasteiger partial charge in [-0.3, -0.25) is 4.79 Å². The zero-order chi connectivity index (χ0) is 13.9. The highest BCUT2D eigenvalue weighted by Gasteiger charge is 2.39. The molecular formula is C17H23NOS. The normalized spacial score (nSPS) is 27.8. The summed E-state index contributed by atoms with van der Waals surface area (Å²) in [7, 11) is 0. The highest BCUT2D eigenvalue weighted by Crippen LogP contribution is 2.44. The Labute approximate surface area is 125 Å². The molecule has 2 saturated carbocycles. The monoisotopic (exact) mass is 289 g/mol. The van der Waals surface area contributed by atoms with Gasteiger partial charge in [0.15, 0.2) is 0 Å². The summed E-state index contributed by atoms with van der Waals surface area (Å²) in [5, 5.41) is 3.25. The Morgan fingerprint density at radius 1 is 1.25 bits per heavy atom. The summed E-state index contributed by atoms with van der Waals surface area (Å²) in [5.41, 5.74) is 1.28. The van der Waals surface area contributed by atoms with Gasteiger partial charge in [0, 0.05) is 23.1 Å². The van der Waals surface area contributed by atoms with E-state index < -0.39 is 0 Å². The molecule has 1 aromatic carbocycles. The predicted molar refractivity (Wildman–Crippen MR) is 83.9 cm³/mol. The number of thioether (sulfide) groups is 1. The summed E-state index contributed by atoms with van der Waals surface area (Å²) in [5.74, 6) is 2.78. The average molecular weight is 289 g/mol. The van der Waals surface area contributed by atoms with Crippen LogP contribution in [0.15, 0.2) is 29.2 Å². The second-order valence-corrected chi connectivity index (χ2v) is 7.43. The van der Waals surface area contributed by atoms with Crippen LogP contribution in [0.5, 0.6) is 0 Å². The van der Waals surface area contributed by atoms with E-state index in [0.29, 0.717) is 12.5 Å². The van der Waals surface area contributed by atoms with Gasteiger partial charge in [0.2, 0.25) is 5.91 Å². The van der Waals surface area contributed by atoms with Gasteiger partial charge in [0.25, 0.3) is 0 Å². The van der Waals surface area contributed by atoms with Gasteiger partial charge in [-0.25, -0.2) is 0 Å². The minimum Gasteiger partial charge on any atom is -0.353 e. The number of aryl methyl sites for hydroxylation is 1. The van der Waals surface area contributed by atoms with Gasteiger partial charge in [0.1, 0.15) is 0 Å². The number of rotatable bonds is 5. The molecule has 1 amide bonds. The molecule has 0 aromatic heterocycles. The molecular weight excluding hydrogens is 266 g/mol. The van der Waals surface area contributed by atoms with Gasteiger partial charge in [-0.1, -0.05) is 24.1 Å². The van der Waals surface area contributed by atoms with Crippen LogP contribution in [0.25, 0.3) is 0 Å². The van der Waals surface area contributed by atoms with Crippen molar-refractivity contribution in [1.82, 2.24) is 5.32 Å². The van der Waals surface area contributed by atoms with Gasteiger partial charge >= 0.3 is 0 Å². The quantitative estimate of drug-likeness (QED) is 0.836. The Kier molecular flexibility index (Phi) is 4.35. The fourth-order valence-corrected chi connectivity index (χ4v) is 4.45. The maximum atomic E-state index is 12.0. The molecule has 3 rings (SSSR count). The summed E-state index contributed by atoms with van der Waals surface area (Å²) in [6.45, 7) is 2.09. The van der Waals surface area contributed by atoms with Crippen LogP contribution in [0.3, 0.4) is 0 Å². The summed E-state index contributed by atoms with van der Waals surface area (Å²) in [6, 6.07) is 8.99. The van der Waals surface area contributed by atoms with E-state index in [2.05, 4.69) is 36.5 Å². The molecule has 3 atom stereocenters. The number of hydrogen-bond donors (Lipinski definition) is 1. The topological polar surface area (TPSA) is 29.1 Å². The Hall–Kier alpha value is -0.960. The van der Waals surface area contributed by atoms with Crippen LogP contribution in [0.4, 0.5) is 0 Å². The molecule has 0 spiro atoms. The summed E-state index contributed by atoms with van der Waals surface area (Å²) in [4.78, 5) is 13.2. The fourth-order valence-electron chi connectivity index (χ4n) is 3.60. The molecule has 0 heterocycles.